The number of hydrogen-bond donors (Lipinski definition) is 2. The Bertz CT molecular complexity index is 757. The standard InChI is InChI=1S/C13H13N3O3S/c1-9-6-10(8-15-7-9)13(17)16-11-4-2-3-5-12(11)20(14,18)19/h2-8H,1H3,(H,16,17)(H2,14,18,19). The molecule has 1 heterocycles. The molecule has 1 amide bonds. The molecule has 0 bridgehead atoms. The van der Waals surface area contributed by atoms with E-state index in [0.29, 0.717) is 5.56 Å². The van der Waals surface area contributed by atoms with Crippen molar-refractivity contribution in [1.29, 1.82) is 0 Å². The van der Waals surface area contributed by atoms with Gasteiger partial charge in [0.2, 0.25) is 10.0 Å². The van der Waals surface area contributed by atoms with E-state index < -0.39 is 15.9 Å². The fourth-order valence-electron chi connectivity index (χ4n) is 1.69. The van der Waals surface area contributed by atoms with Crippen LogP contribution in [0.2, 0.25) is 0 Å². The number of para-hydroxylation sites is 1. The van der Waals surface area contributed by atoms with Crippen LogP contribution in [-0.4, -0.2) is 19.3 Å². The highest BCUT2D eigenvalue weighted by molar-refractivity contribution is 7.89. The van der Waals surface area contributed by atoms with Crippen LogP contribution < -0.4 is 10.5 Å². The Morgan fingerprint density at radius 2 is 1.95 bits per heavy atom. The number of carbonyl (C=O) groups excluding carboxylic acids is 1. The Hall–Kier alpha value is -2.25. The molecule has 7 heteroatoms. The van der Waals surface area contributed by atoms with Gasteiger partial charge in [-0.3, -0.25) is 9.78 Å². The Morgan fingerprint density at radius 3 is 2.60 bits per heavy atom. The molecule has 20 heavy (non-hydrogen) atoms. The van der Waals surface area contributed by atoms with Gasteiger partial charge < -0.3 is 5.32 Å². The van der Waals surface area contributed by atoms with Gasteiger partial charge >= 0.3 is 0 Å². The molecule has 1 aromatic carbocycles. The van der Waals surface area contributed by atoms with Crippen molar-refractivity contribution in [3.8, 4) is 0 Å². The molecule has 0 saturated heterocycles. The van der Waals surface area contributed by atoms with E-state index in [1.807, 2.05) is 6.92 Å². The van der Waals surface area contributed by atoms with Crippen molar-refractivity contribution < 1.29 is 13.2 Å². The van der Waals surface area contributed by atoms with Gasteiger partial charge in [-0.15, -0.1) is 0 Å². The number of amides is 1. The van der Waals surface area contributed by atoms with Crippen LogP contribution in [0.4, 0.5) is 5.69 Å². The average molecular weight is 291 g/mol. The summed E-state index contributed by atoms with van der Waals surface area (Å²) in [4.78, 5) is 15.8. The Morgan fingerprint density at radius 1 is 1.25 bits per heavy atom. The molecular formula is C13H13N3O3S. The average Bonchev–Trinajstić information content (AvgIpc) is 2.38. The Balaban J connectivity index is 2.34. The van der Waals surface area contributed by atoms with Gasteiger partial charge in [0.15, 0.2) is 0 Å². The van der Waals surface area contributed by atoms with Crippen LogP contribution >= 0.6 is 0 Å². The van der Waals surface area contributed by atoms with Crippen LogP contribution in [0.25, 0.3) is 0 Å². The number of carbonyl (C=O) groups is 1. The molecule has 3 N–H and O–H groups in total. The first-order chi connectivity index (χ1) is 9.38. The monoisotopic (exact) mass is 291 g/mol. The summed E-state index contributed by atoms with van der Waals surface area (Å²) in [7, 11) is -3.90. The van der Waals surface area contributed by atoms with Crippen molar-refractivity contribution >= 4 is 21.6 Å². The molecule has 0 fully saturated rings. The molecule has 104 valence electrons. The molecule has 0 unspecified atom stereocenters. The first-order valence-corrected chi connectivity index (χ1v) is 7.27. The molecule has 0 radical (unpaired) electrons. The van der Waals surface area contributed by atoms with E-state index in [2.05, 4.69) is 10.3 Å². The summed E-state index contributed by atoms with van der Waals surface area (Å²) in [5.74, 6) is -0.447. The fraction of sp³-hybridized carbons (Fsp3) is 0.0769. The SMILES string of the molecule is Cc1cncc(C(=O)Nc2ccccc2S(N)(=O)=O)c1. The zero-order valence-electron chi connectivity index (χ0n) is 10.7. The molecule has 2 rings (SSSR count). The van der Waals surface area contributed by atoms with Gasteiger partial charge in [0.05, 0.1) is 11.3 Å². The number of rotatable bonds is 3. The zero-order valence-corrected chi connectivity index (χ0v) is 11.5. The number of benzene rings is 1. The smallest absolute Gasteiger partial charge is 0.257 e. The lowest BCUT2D eigenvalue weighted by Crippen LogP contribution is -2.18. The third-order valence-corrected chi connectivity index (χ3v) is 3.55. The van der Waals surface area contributed by atoms with Gasteiger partial charge in [-0.25, -0.2) is 13.6 Å². The number of hydrogen-bond acceptors (Lipinski definition) is 4. The van der Waals surface area contributed by atoms with E-state index in [1.165, 1.54) is 24.4 Å². The summed E-state index contributed by atoms with van der Waals surface area (Å²) in [6.07, 6.45) is 3.02. The van der Waals surface area contributed by atoms with Gasteiger partial charge in [0.25, 0.3) is 5.91 Å². The van der Waals surface area contributed by atoms with Crippen molar-refractivity contribution in [2.24, 2.45) is 5.14 Å². The summed E-state index contributed by atoms with van der Waals surface area (Å²) >= 11 is 0. The molecule has 0 aliphatic rings. The number of anilines is 1. The maximum Gasteiger partial charge on any atom is 0.257 e. The van der Waals surface area contributed by atoms with E-state index in [0.717, 1.165) is 5.56 Å². The number of nitrogens with zero attached hydrogens (tertiary/aromatic N) is 1. The second-order valence-corrected chi connectivity index (χ2v) is 5.78. The maximum atomic E-state index is 12.1. The predicted molar refractivity (Wildman–Crippen MR) is 74.7 cm³/mol. The van der Waals surface area contributed by atoms with Crippen molar-refractivity contribution in [3.05, 3.63) is 53.9 Å². The third-order valence-electron chi connectivity index (χ3n) is 2.58. The molecule has 0 saturated carbocycles. The highest BCUT2D eigenvalue weighted by Crippen LogP contribution is 2.20. The number of aromatic nitrogens is 1. The molecular weight excluding hydrogens is 278 g/mol. The molecule has 0 aliphatic heterocycles. The van der Waals surface area contributed by atoms with Crippen LogP contribution in [0.1, 0.15) is 15.9 Å². The van der Waals surface area contributed by atoms with E-state index in [9.17, 15) is 13.2 Å². The van der Waals surface area contributed by atoms with E-state index in [-0.39, 0.29) is 10.6 Å². The van der Waals surface area contributed by atoms with Crippen LogP contribution in [0.3, 0.4) is 0 Å². The normalized spacial score (nSPS) is 11.1. The van der Waals surface area contributed by atoms with Crippen LogP contribution in [-0.2, 0) is 10.0 Å². The minimum Gasteiger partial charge on any atom is -0.321 e. The fourth-order valence-corrected chi connectivity index (χ4v) is 2.39. The molecule has 2 aromatic rings. The van der Waals surface area contributed by atoms with Crippen molar-refractivity contribution in [2.75, 3.05) is 5.32 Å². The van der Waals surface area contributed by atoms with Gasteiger partial charge in [0.1, 0.15) is 4.90 Å². The minimum absolute atomic E-state index is 0.131. The summed E-state index contributed by atoms with van der Waals surface area (Å²) in [6, 6.07) is 7.60. The molecule has 1 aromatic heterocycles. The quantitative estimate of drug-likeness (QED) is 0.889. The second kappa shape index (κ2) is 5.40. The Kier molecular flexibility index (Phi) is 3.82. The summed E-state index contributed by atoms with van der Waals surface area (Å²) < 4.78 is 22.9. The lowest BCUT2D eigenvalue weighted by atomic mass is 10.2. The summed E-state index contributed by atoms with van der Waals surface area (Å²) in [6.45, 7) is 1.81. The summed E-state index contributed by atoms with van der Waals surface area (Å²) in [5, 5.41) is 7.63. The van der Waals surface area contributed by atoms with E-state index in [4.69, 9.17) is 5.14 Å². The predicted octanol–water partition coefficient (Wildman–Crippen LogP) is 1.29. The lowest BCUT2D eigenvalue weighted by Gasteiger charge is -2.09. The molecule has 0 spiro atoms. The maximum absolute atomic E-state index is 12.1. The lowest BCUT2D eigenvalue weighted by molar-refractivity contribution is 0.102. The van der Waals surface area contributed by atoms with Crippen molar-refractivity contribution in [2.45, 2.75) is 11.8 Å². The Labute approximate surface area is 116 Å². The number of nitrogens with one attached hydrogen (secondary N) is 1. The van der Waals surface area contributed by atoms with E-state index in [1.54, 1.807) is 18.3 Å². The topological polar surface area (TPSA) is 102 Å². The minimum atomic E-state index is -3.90. The van der Waals surface area contributed by atoms with Crippen LogP contribution in [0.15, 0.2) is 47.6 Å². The highest BCUT2D eigenvalue weighted by Gasteiger charge is 2.15. The van der Waals surface area contributed by atoms with Crippen LogP contribution in [0.5, 0.6) is 0 Å². The van der Waals surface area contributed by atoms with Crippen molar-refractivity contribution in [1.82, 2.24) is 4.98 Å². The van der Waals surface area contributed by atoms with Gasteiger partial charge in [-0.2, -0.15) is 0 Å². The van der Waals surface area contributed by atoms with Gasteiger partial charge in [-0.1, -0.05) is 12.1 Å². The number of primary sulfonamides is 1. The number of nitrogens with two attached hydrogens (primary N) is 1. The first-order valence-electron chi connectivity index (χ1n) is 5.73. The van der Waals surface area contributed by atoms with Crippen LogP contribution in [0, 0.1) is 6.92 Å². The zero-order chi connectivity index (χ0) is 14.8. The van der Waals surface area contributed by atoms with Gasteiger partial charge in [0, 0.05) is 12.4 Å². The number of pyridine rings is 1. The number of aryl methyl sites for hydroxylation is 1. The molecule has 0 atom stereocenters. The first kappa shape index (κ1) is 14.2. The van der Waals surface area contributed by atoms with Gasteiger partial charge in [-0.05, 0) is 30.7 Å². The molecule has 0 aliphatic carbocycles. The molecule has 6 nitrogen and oxygen atoms in total. The summed E-state index contributed by atoms with van der Waals surface area (Å²) in [5.41, 5.74) is 1.31. The largest absolute Gasteiger partial charge is 0.321 e. The number of sulfonamides is 1. The van der Waals surface area contributed by atoms with Crippen molar-refractivity contribution in [3.63, 3.8) is 0 Å². The second-order valence-electron chi connectivity index (χ2n) is 4.25. The highest BCUT2D eigenvalue weighted by atomic mass is 32.2. The third kappa shape index (κ3) is 3.19. The van der Waals surface area contributed by atoms with E-state index >= 15 is 0 Å².